The lowest BCUT2D eigenvalue weighted by Gasteiger charge is -2.26. The molecule has 2 aromatic heterocycles. The van der Waals surface area contributed by atoms with E-state index in [2.05, 4.69) is 35.9 Å². The van der Waals surface area contributed by atoms with Crippen molar-refractivity contribution in [3.8, 4) is 28.5 Å². The van der Waals surface area contributed by atoms with Crippen LogP contribution in [0.25, 0.3) is 22.8 Å². The highest BCUT2D eigenvalue weighted by Gasteiger charge is 2.20. The first-order chi connectivity index (χ1) is 19.2. The average Bonchev–Trinajstić information content (AvgIpc) is 3.60. The summed E-state index contributed by atoms with van der Waals surface area (Å²) in [6.45, 7) is 10.8. The number of hydrogen-bond donors (Lipinski definition) is 3. The third-order valence-corrected chi connectivity index (χ3v) is 6.67. The molecular formula is C28H32ClN7O4. The van der Waals surface area contributed by atoms with Crippen molar-refractivity contribution in [2.24, 2.45) is 0 Å². The molecule has 2 aromatic carbocycles. The van der Waals surface area contributed by atoms with E-state index >= 15 is 0 Å². The molecule has 0 aliphatic carbocycles. The summed E-state index contributed by atoms with van der Waals surface area (Å²) >= 11 is 6.55. The SMILES string of the molecule is CC(C)(C)c1cc(NC(=O)Nc2ccc(-c3n[nH]c(-c4ccc(OCCN5CCOCC5)cc4Cl)n3)cc2)no1. The van der Waals surface area contributed by atoms with Crippen LogP contribution in [0.15, 0.2) is 53.1 Å². The predicted molar refractivity (Wildman–Crippen MR) is 153 cm³/mol. The first-order valence-corrected chi connectivity index (χ1v) is 13.4. The molecule has 40 heavy (non-hydrogen) atoms. The molecule has 3 heterocycles. The molecule has 1 fully saturated rings. The van der Waals surface area contributed by atoms with Crippen LogP contribution in [-0.4, -0.2) is 70.7 Å². The van der Waals surface area contributed by atoms with Gasteiger partial charge in [-0.1, -0.05) is 37.5 Å². The second-order valence-electron chi connectivity index (χ2n) is 10.4. The van der Waals surface area contributed by atoms with Gasteiger partial charge in [0.05, 0.1) is 18.2 Å². The Bertz CT molecular complexity index is 1440. The van der Waals surface area contributed by atoms with E-state index in [0.717, 1.165) is 44.0 Å². The van der Waals surface area contributed by atoms with Gasteiger partial charge in [0.2, 0.25) is 0 Å². The smallest absolute Gasteiger partial charge is 0.324 e. The Hall–Kier alpha value is -3.93. The van der Waals surface area contributed by atoms with Gasteiger partial charge in [-0.05, 0) is 42.5 Å². The van der Waals surface area contributed by atoms with Crippen molar-refractivity contribution in [3.05, 3.63) is 59.3 Å². The fourth-order valence-electron chi connectivity index (χ4n) is 4.08. The van der Waals surface area contributed by atoms with E-state index in [4.69, 9.17) is 25.6 Å². The summed E-state index contributed by atoms with van der Waals surface area (Å²) in [4.78, 5) is 19.3. The minimum Gasteiger partial charge on any atom is -0.492 e. The Morgan fingerprint density at radius 3 is 2.58 bits per heavy atom. The van der Waals surface area contributed by atoms with Gasteiger partial charge >= 0.3 is 6.03 Å². The number of morpholine rings is 1. The van der Waals surface area contributed by atoms with Gasteiger partial charge in [0.25, 0.3) is 0 Å². The van der Waals surface area contributed by atoms with E-state index in [1.807, 2.05) is 45.0 Å². The highest BCUT2D eigenvalue weighted by atomic mass is 35.5. The Balaban J connectivity index is 1.16. The zero-order valence-corrected chi connectivity index (χ0v) is 23.4. The number of nitrogens with one attached hydrogen (secondary N) is 3. The first kappa shape index (κ1) is 27.6. The number of amides is 2. The summed E-state index contributed by atoms with van der Waals surface area (Å²) in [5.41, 5.74) is 1.90. The van der Waals surface area contributed by atoms with Crippen LogP contribution >= 0.6 is 11.6 Å². The van der Waals surface area contributed by atoms with Crippen LogP contribution in [0, 0.1) is 0 Å². The van der Waals surface area contributed by atoms with Gasteiger partial charge in [0.15, 0.2) is 17.5 Å². The fourth-order valence-corrected chi connectivity index (χ4v) is 4.34. The van der Waals surface area contributed by atoms with Crippen molar-refractivity contribution < 1.29 is 18.8 Å². The number of carbonyl (C=O) groups is 1. The van der Waals surface area contributed by atoms with E-state index in [1.54, 1.807) is 24.3 Å². The maximum absolute atomic E-state index is 12.4. The van der Waals surface area contributed by atoms with Crippen molar-refractivity contribution in [3.63, 3.8) is 0 Å². The van der Waals surface area contributed by atoms with Gasteiger partial charge in [0, 0.05) is 47.9 Å². The van der Waals surface area contributed by atoms with Crippen LogP contribution in [0.1, 0.15) is 26.5 Å². The molecule has 210 valence electrons. The quantitative estimate of drug-likeness (QED) is 0.258. The molecule has 2 amide bonds. The summed E-state index contributed by atoms with van der Waals surface area (Å²) in [7, 11) is 0. The van der Waals surface area contributed by atoms with Crippen LogP contribution in [0.2, 0.25) is 5.02 Å². The Morgan fingerprint density at radius 2 is 1.88 bits per heavy atom. The van der Waals surface area contributed by atoms with Crippen LogP contribution in [0.4, 0.5) is 16.3 Å². The average molecular weight is 566 g/mol. The molecule has 3 N–H and O–H groups in total. The molecule has 11 nitrogen and oxygen atoms in total. The van der Waals surface area contributed by atoms with Crippen LogP contribution in [0.3, 0.4) is 0 Å². The topological polar surface area (TPSA) is 130 Å². The highest BCUT2D eigenvalue weighted by Crippen LogP contribution is 2.30. The standard InChI is InChI=1S/C28H32ClN7O4/c1-28(2,3)23-17-24(35-40-23)31-27(37)30-19-6-4-18(5-7-19)25-32-26(34-33-25)21-9-8-20(16-22(21)29)39-15-12-36-10-13-38-14-11-36/h4-9,16-17H,10-15H2,1-3H3,(H,32,33,34)(H2,30,31,35,37). The molecular weight excluding hydrogens is 534 g/mol. The van der Waals surface area contributed by atoms with Crippen LogP contribution < -0.4 is 15.4 Å². The van der Waals surface area contributed by atoms with E-state index in [1.165, 1.54) is 0 Å². The summed E-state index contributed by atoms with van der Waals surface area (Å²) in [6, 6.07) is 14.0. The zero-order valence-electron chi connectivity index (χ0n) is 22.7. The molecule has 4 aromatic rings. The lowest BCUT2D eigenvalue weighted by atomic mass is 9.93. The number of hydrogen-bond acceptors (Lipinski definition) is 8. The van der Waals surface area contributed by atoms with Crippen molar-refractivity contribution >= 4 is 29.1 Å². The largest absolute Gasteiger partial charge is 0.492 e. The number of benzene rings is 2. The van der Waals surface area contributed by atoms with Gasteiger partial charge in [-0.25, -0.2) is 9.78 Å². The second-order valence-corrected chi connectivity index (χ2v) is 10.8. The number of rotatable bonds is 8. The van der Waals surface area contributed by atoms with Crippen molar-refractivity contribution in [2.45, 2.75) is 26.2 Å². The second kappa shape index (κ2) is 12.1. The molecule has 1 aliphatic heterocycles. The monoisotopic (exact) mass is 565 g/mol. The number of ether oxygens (including phenoxy) is 2. The van der Waals surface area contributed by atoms with E-state index in [9.17, 15) is 4.79 Å². The molecule has 0 bridgehead atoms. The lowest BCUT2D eigenvalue weighted by Crippen LogP contribution is -2.38. The number of H-pyrrole nitrogens is 1. The summed E-state index contributed by atoms with van der Waals surface area (Å²) in [6.07, 6.45) is 0. The third-order valence-electron chi connectivity index (χ3n) is 6.35. The molecule has 1 aliphatic rings. The van der Waals surface area contributed by atoms with Crippen LogP contribution in [-0.2, 0) is 10.2 Å². The maximum Gasteiger partial charge on any atom is 0.324 e. The summed E-state index contributed by atoms with van der Waals surface area (Å²) < 4.78 is 16.6. The molecule has 0 spiro atoms. The Labute approximate surface area is 237 Å². The molecule has 0 atom stereocenters. The number of aromatic nitrogens is 4. The van der Waals surface area contributed by atoms with Gasteiger partial charge in [-0.3, -0.25) is 15.3 Å². The molecule has 0 saturated carbocycles. The number of halogens is 1. The molecule has 5 rings (SSSR count). The third kappa shape index (κ3) is 6.98. The predicted octanol–water partition coefficient (Wildman–Crippen LogP) is 5.43. The van der Waals surface area contributed by atoms with Crippen molar-refractivity contribution in [2.75, 3.05) is 50.1 Å². The van der Waals surface area contributed by atoms with Gasteiger partial charge in [-0.2, -0.15) is 5.10 Å². The molecule has 12 heteroatoms. The van der Waals surface area contributed by atoms with Gasteiger partial charge in [-0.15, -0.1) is 0 Å². The number of urea groups is 1. The Morgan fingerprint density at radius 1 is 1.10 bits per heavy atom. The zero-order chi connectivity index (χ0) is 28.1. The number of nitrogens with zero attached hydrogens (tertiary/aromatic N) is 4. The van der Waals surface area contributed by atoms with Gasteiger partial charge in [0.1, 0.15) is 18.1 Å². The minimum atomic E-state index is -0.426. The summed E-state index contributed by atoms with van der Waals surface area (Å²) in [5.74, 6) is 2.78. The first-order valence-electron chi connectivity index (χ1n) is 13.1. The fraction of sp³-hybridized carbons (Fsp3) is 0.357. The van der Waals surface area contributed by atoms with Crippen LogP contribution in [0.5, 0.6) is 5.75 Å². The van der Waals surface area contributed by atoms with E-state index < -0.39 is 6.03 Å². The number of aromatic amines is 1. The maximum atomic E-state index is 12.4. The lowest BCUT2D eigenvalue weighted by molar-refractivity contribution is 0.0322. The number of carbonyl (C=O) groups excluding carboxylic acids is 1. The van der Waals surface area contributed by atoms with Crippen molar-refractivity contribution in [1.29, 1.82) is 0 Å². The minimum absolute atomic E-state index is 0.203. The molecule has 0 radical (unpaired) electrons. The number of anilines is 2. The molecule has 0 unspecified atom stereocenters. The highest BCUT2D eigenvalue weighted by molar-refractivity contribution is 6.33. The Kier molecular flexibility index (Phi) is 8.34. The van der Waals surface area contributed by atoms with E-state index in [0.29, 0.717) is 46.3 Å². The van der Waals surface area contributed by atoms with E-state index in [-0.39, 0.29) is 5.41 Å². The summed E-state index contributed by atoms with van der Waals surface area (Å²) in [5, 5.41) is 17.1. The molecule has 1 saturated heterocycles. The van der Waals surface area contributed by atoms with Crippen molar-refractivity contribution in [1.82, 2.24) is 25.2 Å². The normalized spacial score (nSPS) is 14.2. The van der Waals surface area contributed by atoms with Gasteiger partial charge < -0.3 is 19.3 Å².